The van der Waals surface area contributed by atoms with Crippen molar-refractivity contribution in [3.63, 3.8) is 0 Å². The molecule has 0 heterocycles. The fourth-order valence-corrected chi connectivity index (χ4v) is 0.851. The lowest BCUT2D eigenvalue weighted by molar-refractivity contribution is -0.140. The van der Waals surface area contributed by atoms with Gasteiger partial charge in [-0.05, 0) is 19.7 Å². The van der Waals surface area contributed by atoms with Crippen LogP contribution in [0.25, 0.3) is 0 Å². The molecule has 0 unspecified atom stereocenters. The Bertz CT molecular complexity index is 200. The SMILES string of the molecule is COC/C(=C\CN(C)C)COC(C)=O. The standard InChI is InChI=1S/C10H19NO3/c1-9(12)14-8-10(7-13-4)5-6-11(2)3/h5H,6-8H2,1-4H3/b10-5+. The predicted octanol–water partition coefficient (Wildman–Crippen LogP) is 0.684. The lowest BCUT2D eigenvalue weighted by atomic mass is 10.3. The fraction of sp³-hybridized carbons (Fsp3) is 0.700. The van der Waals surface area contributed by atoms with Gasteiger partial charge in [0.1, 0.15) is 6.61 Å². The molecule has 14 heavy (non-hydrogen) atoms. The highest BCUT2D eigenvalue weighted by molar-refractivity contribution is 5.66. The first-order chi connectivity index (χ1) is 6.56. The maximum absolute atomic E-state index is 10.6. The van der Waals surface area contributed by atoms with E-state index in [9.17, 15) is 4.79 Å². The first-order valence-electron chi connectivity index (χ1n) is 4.51. The Morgan fingerprint density at radius 3 is 2.43 bits per heavy atom. The molecule has 0 aromatic heterocycles. The highest BCUT2D eigenvalue weighted by atomic mass is 16.5. The van der Waals surface area contributed by atoms with Crippen LogP contribution in [0.2, 0.25) is 0 Å². The summed E-state index contributed by atoms with van der Waals surface area (Å²) in [5.74, 6) is -0.267. The van der Waals surface area contributed by atoms with Crippen LogP contribution in [0.1, 0.15) is 6.92 Å². The van der Waals surface area contributed by atoms with Gasteiger partial charge in [-0.2, -0.15) is 0 Å². The van der Waals surface area contributed by atoms with Gasteiger partial charge in [0.2, 0.25) is 0 Å². The highest BCUT2D eigenvalue weighted by Crippen LogP contribution is 1.97. The molecule has 0 aromatic carbocycles. The van der Waals surface area contributed by atoms with Crippen LogP contribution in [0.4, 0.5) is 0 Å². The van der Waals surface area contributed by atoms with Crippen LogP contribution in [-0.2, 0) is 14.3 Å². The Balaban J connectivity index is 3.99. The summed E-state index contributed by atoms with van der Waals surface area (Å²) in [7, 11) is 5.58. The van der Waals surface area contributed by atoms with Crippen molar-refractivity contribution in [1.29, 1.82) is 0 Å². The monoisotopic (exact) mass is 201 g/mol. The van der Waals surface area contributed by atoms with E-state index in [0.717, 1.165) is 12.1 Å². The second-order valence-corrected chi connectivity index (χ2v) is 3.34. The Morgan fingerprint density at radius 2 is 2.00 bits per heavy atom. The number of ether oxygens (including phenoxy) is 2. The molecule has 0 saturated heterocycles. The normalized spacial score (nSPS) is 11.9. The summed E-state index contributed by atoms with van der Waals surface area (Å²) in [6, 6.07) is 0. The molecule has 0 aliphatic heterocycles. The average Bonchev–Trinajstić information content (AvgIpc) is 2.09. The molecule has 0 rings (SSSR count). The molecule has 0 N–H and O–H groups in total. The van der Waals surface area contributed by atoms with E-state index in [2.05, 4.69) is 0 Å². The van der Waals surface area contributed by atoms with Gasteiger partial charge in [0, 0.05) is 20.6 Å². The van der Waals surface area contributed by atoms with Gasteiger partial charge in [-0.1, -0.05) is 6.08 Å². The number of carbonyl (C=O) groups excluding carboxylic acids is 1. The van der Waals surface area contributed by atoms with Crippen LogP contribution in [0, 0.1) is 0 Å². The molecule has 4 nitrogen and oxygen atoms in total. The Morgan fingerprint density at radius 1 is 1.36 bits per heavy atom. The van der Waals surface area contributed by atoms with Crippen molar-refractivity contribution in [2.24, 2.45) is 0 Å². The number of nitrogens with zero attached hydrogens (tertiary/aromatic N) is 1. The van der Waals surface area contributed by atoms with Gasteiger partial charge in [0.25, 0.3) is 0 Å². The zero-order chi connectivity index (χ0) is 11.0. The molecule has 0 spiro atoms. The molecule has 0 aliphatic rings. The molecule has 0 amide bonds. The first-order valence-corrected chi connectivity index (χ1v) is 4.51. The van der Waals surface area contributed by atoms with Gasteiger partial charge < -0.3 is 14.4 Å². The molecule has 0 fully saturated rings. The lowest BCUT2D eigenvalue weighted by Gasteiger charge is -2.09. The van der Waals surface area contributed by atoms with Crippen LogP contribution in [0.5, 0.6) is 0 Å². The van der Waals surface area contributed by atoms with Crippen molar-refractivity contribution in [3.8, 4) is 0 Å². The van der Waals surface area contributed by atoms with Crippen molar-refractivity contribution in [1.82, 2.24) is 4.90 Å². The zero-order valence-electron chi connectivity index (χ0n) is 9.37. The number of likely N-dealkylation sites (N-methyl/N-ethyl adjacent to an activating group) is 1. The van der Waals surface area contributed by atoms with Crippen LogP contribution < -0.4 is 0 Å². The summed E-state index contributed by atoms with van der Waals surface area (Å²) in [5.41, 5.74) is 0.983. The molecular weight excluding hydrogens is 182 g/mol. The van der Waals surface area contributed by atoms with Crippen LogP contribution in [0.15, 0.2) is 11.6 Å². The van der Waals surface area contributed by atoms with Gasteiger partial charge in [-0.25, -0.2) is 0 Å². The van der Waals surface area contributed by atoms with E-state index >= 15 is 0 Å². The number of hydrogen-bond donors (Lipinski definition) is 0. The average molecular weight is 201 g/mol. The van der Waals surface area contributed by atoms with Gasteiger partial charge in [0.05, 0.1) is 6.61 Å². The third-order valence-corrected chi connectivity index (χ3v) is 1.54. The number of hydrogen-bond acceptors (Lipinski definition) is 4. The second-order valence-electron chi connectivity index (χ2n) is 3.34. The Kier molecular flexibility index (Phi) is 7.06. The number of rotatable bonds is 6. The van der Waals surface area contributed by atoms with Crippen molar-refractivity contribution < 1.29 is 14.3 Å². The van der Waals surface area contributed by atoms with Crippen molar-refractivity contribution in [2.45, 2.75) is 6.92 Å². The summed E-state index contributed by atoms with van der Waals surface area (Å²) >= 11 is 0. The first kappa shape index (κ1) is 13.1. The molecule has 0 aromatic rings. The van der Waals surface area contributed by atoms with E-state index < -0.39 is 0 Å². The summed E-state index contributed by atoms with van der Waals surface area (Å²) in [4.78, 5) is 12.6. The van der Waals surface area contributed by atoms with Gasteiger partial charge in [0.15, 0.2) is 0 Å². The number of esters is 1. The van der Waals surface area contributed by atoms with E-state index in [1.54, 1.807) is 7.11 Å². The molecule has 0 aliphatic carbocycles. The molecular formula is C10H19NO3. The van der Waals surface area contributed by atoms with Crippen LogP contribution in [-0.4, -0.2) is 51.8 Å². The van der Waals surface area contributed by atoms with Gasteiger partial charge >= 0.3 is 5.97 Å². The third kappa shape index (κ3) is 7.76. The molecule has 82 valence electrons. The molecule has 0 saturated carbocycles. The minimum absolute atomic E-state index is 0.267. The summed E-state index contributed by atoms with van der Waals surface area (Å²) < 4.78 is 9.87. The summed E-state index contributed by atoms with van der Waals surface area (Å²) in [6.45, 7) is 3.04. The summed E-state index contributed by atoms with van der Waals surface area (Å²) in [5, 5.41) is 0. The molecule has 4 heteroatoms. The topological polar surface area (TPSA) is 38.8 Å². The molecule has 0 atom stereocenters. The maximum atomic E-state index is 10.6. The second kappa shape index (κ2) is 7.53. The number of carbonyl (C=O) groups is 1. The van der Waals surface area contributed by atoms with Crippen LogP contribution >= 0.6 is 0 Å². The van der Waals surface area contributed by atoms with E-state index in [0.29, 0.717) is 13.2 Å². The quantitative estimate of drug-likeness (QED) is 0.468. The van der Waals surface area contributed by atoms with Crippen molar-refractivity contribution in [3.05, 3.63) is 11.6 Å². The Hall–Kier alpha value is -0.870. The minimum Gasteiger partial charge on any atom is -0.461 e. The number of methoxy groups -OCH3 is 1. The predicted molar refractivity (Wildman–Crippen MR) is 55.1 cm³/mol. The van der Waals surface area contributed by atoms with Crippen molar-refractivity contribution in [2.75, 3.05) is 41.0 Å². The minimum atomic E-state index is -0.267. The largest absolute Gasteiger partial charge is 0.461 e. The Labute approximate surface area is 85.5 Å². The smallest absolute Gasteiger partial charge is 0.302 e. The van der Waals surface area contributed by atoms with E-state index in [1.807, 2.05) is 25.1 Å². The van der Waals surface area contributed by atoms with E-state index in [-0.39, 0.29) is 5.97 Å². The molecule has 0 bridgehead atoms. The summed E-state index contributed by atoms with van der Waals surface area (Å²) in [6.07, 6.45) is 2.01. The van der Waals surface area contributed by atoms with Crippen molar-refractivity contribution >= 4 is 5.97 Å². The van der Waals surface area contributed by atoms with Gasteiger partial charge in [-0.15, -0.1) is 0 Å². The van der Waals surface area contributed by atoms with Crippen LogP contribution in [0.3, 0.4) is 0 Å². The highest BCUT2D eigenvalue weighted by Gasteiger charge is 2.00. The van der Waals surface area contributed by atoms with Gasteiger partial charge in [-0.3, -0.25) is 4.79 Å². The lowest BCUT2D eigenvalue weighted by Crippen LogP contribution is -2.14. The van der Waals surface area contributed by atoms with E-state index in [1.165, 1.54) is 6.92 Å². The maximum Gasteiger partial charge on any atom is 0.302 e. The zero-order valence-corrected chi connectivity index (χ0v) is 9.37. The fourth-order valence-electron chi connectivity index (χ4n) is 0.851. The van der Waals surface area contributed by atoms with E-state index in [4.69, 9.17) is 9.47 Å². The third-order valence-electron chi connectivity index (χ3n) is 1.54. The molecule has 0 radical (unpaired) electrons.